The molecule has 1 saturated heterocycles. The van der Waals surface area contributed by atoms with E-state index in [1.54, 1.807) is 6.20 Å². The van der Waals surface area contributed by atoms with Gasteiger partial charge in [-0.15, -0.1) is 0 Å². The number of hydrogen-bond acceptors (Lipinski definition) is 3. The van der Waals surface area contributed by atoms with E-state index >= 15 is 0 Å². The number of fused-ring (bicyclic) bond motifs is 1. The zero-order valence-electron chi connectivity index (χ0n) is 12.9. The quantitative estimate of drug-likeness (QED) is 0.831. The van der Waals surface area contributed by atoms with Crippen molar-refractivity contribution in [3.8, 4) is 11.3 Å². The van der Waals surface area contributed by atoms with Gasteiger partial charge in [0, 0.05) is 24.3 Å². The molecule has 21 heavy (non-hydrogen) atoms. The van der Waals surface area contributed by atoms with Gasteiger partial charge in [-0.1, -0.05) is 32.9 Å². The van der Waals surface area contributed by atoms with Gasteiger partial charge in [-0.2, -0.15) is 0 Å². The Kier molecular flexibility index (Phi) is 2.69. The molecule has 1 aromatic carbocycles. The smallest absolute Gasteiger partial charge is 0.181 e. The number of benzene rings is 1. The lowest BCUT2D eigenvalue weighted by Crippen LogP contribution is -2.27. The van der Waals surface area contributed by atoms with Crippen LogP contribution in [-0.2, 0) is 0 Å². The first kappa shape index (κ1) is 12.9. The van der Waals surface area contributed by atoms with Gasteiger partial charge in [-0.05, 0) is 35.3 Å². The average Bonchev–Trinajstić information content (AvgIpc) is 2.88. The Bertz CT molecular complexity index is 629. The number of aromatic nitrogens is 1. The summed E-state index contributed by atoms with van der Waals surface area (Å²) in [6.07, 6.45) is 3.26. The van der Waals surface area contributed by atoms with E-state index in [0.717, 1.165) is 29.1 Å². The molecular weight excluding hydrogens is 260 g/mol. The summed E-state index contributed by atoms with van der Waals surface area (Å²) < 4.78 is 5.40. The van der Waals surface area contributed by atoms with E-state index in [4.69, 9.17) is 4.42 Å². The highest BCUT2D eigenvalue weighted by molar-refractivity contribution is 5.64. The molecule has 2 heterocycles. The maximum Gasteiger partial charge on any atom is 0.181 e. The van der Waals surface area contributed by atoms with Gasteiger partial charge in [0.1, 0.15) is 0 Å². The normalized spacial score (nSPS) is 27.8. The predicted octanol–water partition coefficient (Wildman–Crippen LogP) is 4.07. The summed E-state index contributed by atoms with van der Waals surface area (Å²) in [6.45, 7) is 9.54. The molecule has 2 aliphatic rings. The highest BCUT2D eigenvalue weighted by Gasteiger charge is 2.59. The fourth-order valence-corrected chi connectivity index (χ4v) is 4.24. The van der Waals surface area contributed by atoms with Crippen molar-refractivity contribution in [1.29, 1.82) is 0 Å². The number of oxazole rings is 1. The monoisotopic (exact) mass is 282 g/mol. The number of rotatable bonds is 2. The SMILES string of the molecule is CC(C)(C)C1C2CN(c3cccc(-c4cnco4)c3)CC21. The molecule has 3 nitrogen and oxygen atoms in total. The molecule has 110 valence electrons. The molecule has 2 unspecified atom stereocenters. The first-order chi connectivity index (χ1) is 10.0. The van der Waals surface area contributed by atoms with E-state index in [1.165, 1.54) is 25.2 Å². The summed E-state index contributed by atoms with van der Waals surface area (Å²) in [6, 6.07) is 8.62. The van der Waals surface area contributed by atoms with E-state index in [9.17, 15) is 0 Å². The van der Waals surface area contributed by atoms with E-state index in [0.29, 0.717) is 5.41 Å². The summed E-state index contributed by atoms with van der Waals surface area (Å²) in [5.41, 5.74) is 2.88. The third kappa shape index (κ3) is 2.15. The topological polar surface area (TPSA) is 29.3 Å². The summed E-state index contributed by atoms with van der Waals surface area (Å²) >= 11 is 0. The van der Waals surface area contributed by atoms with E-state index in [2.05, 4.69) is 54.9 Å². The maximum absolute atomic E-state index is 5.40. The molecule has 1 aliphatic carbocycles. The minimum Gasteiger partial charge on any atom is -0.444 e. The van der Waals surface area contributed by atoms with Crippen molar-refractivity contribution in [2.45, 2.75) is 20.8 Å². The van der Waals surface area contributed by atoms with Gasteiger partial charge in [-0.25, -0.2) is 4.98 Å². The molecule has 2 atom stereocenters. The van der Waals surface area contributed by atoms with E-state index in [-0.39, 0.29) is 0 Å². The van der Waals surface area contributed by atoms with Crippen LogP contribution in [0.15, 0.2) is 41.3 Å². The Hall–Kier alpha value is -1.77. The Balaban J connectivity index is 1.51. The summed E-state index contributed by atoms with van der Waals surface area (Å²) in [7, 11) is 0. The maximum atomic E-state index is 5.40. The first-order valence-corrected chi connectivity index (χ1v) is 7.78. The van der Waals surface area contributed by atoms with Crippen LogP contribution >= 0.6 is 0 Å². The highest BCUT2D eigenvalue weighted by atomic mass is 16.3. The van der Waals surface area contributed by atoms with Crippen LogP contribution in [0.1, 0.15) is 20.8 Å². The summed E-state index contributed by atoms with van der Waals surface area (Å²) in [4.78, 5) is 6.53. The van der Waals surface area contributed by atoms with Gasteiger partial charge in [0.05, 0.1) is 6.20 Å². The molecular formula is C18H22N2O. The van der Waals surface area contributed by atoms with Gasteiger partial charge in [-0.3, -0.25) is 0 Å². The average molecular weight is 282 g/mol. The van der Waals surface area contributed by atoms with E-state index < -0.39 is 0 Å². The van der Waals surface area contributed by atoms with Gasteiger partial charge in [0.25, 0.3) is 0 Å². The zero-order chi connectivity index (χ0) is 14.6. The third-order valence-electron chi connectivity index (χ3n) is 5.12. The van der Waals surface area contributed by atoms with Crippen molar-refractivity contribution in [2.24, 2.45) is 23.2 Å². The Labute approximate surface area is 126 Å². The van der Waals surface area contributed by atoms with Crippen molar-refractivity contribution in [3.63, 3.8) is 0 Å². The van der Waals surface area contributed by atoms with Crippen LogP contribution in [-0.4, -0.2) is 18.1 Å². The van der Waals surface area contributed by atoms with Gasteiger partial charge in [0.2, 0.25) is 0 Å². The van der Waals surface area contributed by atoms with Gasteiger partial charge >= 0.3 is 0 Å². The first-order valence-electron chi connectivity index (χ1n) is 7.78. The lowest BCUT2D eigenvalue weighted by Gasteiger charge is -2.27. The fourth-order valence-electron chi connectivity index (χ4n) is 4.24. The van der Waals surface area contributed by atoms with Crippen molar-refractivity contribution in [1.82, 2.24) is 4.98 Å². The zero-order valence-corrected chi connectivity index (χ0v) is 12.9. The van der Waals surface area contributed by atoms with Crippen LogP contribution in [0.25, 0.3) is 11.3 Å². The fraction of sp³-hybridized carbons (Fsp3) is 0.500. The molecule has 0 amide bonds. The standard InChI is InChI=1S/C18H22N2O/c1-18(2,3)17-14-9-20(10-15(14)17)13-6-4-5-12(7-13)16-8-19-11-21-16/h4-8,11,14-15,17H,9-10H2,1-3H3. The number of anilines is 1. The highest BCUT2D eigenvalue weighted by Crippen LogP contribution is 2.60. The lowest BCUT2D eigenvalue weighted by atomic mass is 9.87. The third-order valence-corrected chi connectivity index (χ3v) is 5.12. The molecule has 0 spiro atoms. The molecule has 1 aliphatic heterocycles. The summed E-state index contributed by atoms with van der Waals surface area (Å²) in [5, 5.41) is 0. The van der Waals surface area contributed by atoms with Crippen molar-refractivity contribution in [2.75, 3.05) is 18.0 Å². The van der Waals surface area contributed by atoms with Crippen LogP contribution in [0.5, 0.6) is 0 Å². The number of nitrogens with zero attached hydrogens (tertiary/aromatic N) is 2. The van der Waals surface area contributed by atoms with Crippen molar-refractivity contribution in [3.05, 3.63) is 36.9 Å². The second-order valence-electron chi connectivity index (χ2n) is 7.54. The number of hydrogen-bond donors (Lipinski definition) is 0. The second kappa shape index (κ2) is 4.36. The van der Waals surface area contributed by atoms with Crippen molar-refractivity contribution < 1.29 is 4.42 Å². The molecule has 3 heteroatoms. The van der Waals surface area contributed by atoms with E-state index in [1.807, 2.05) is 0 Å². The molecule has 2 aromatic rings. The largest absolute Gasteiger partial charge is 0.444 e. The van der Waals surface area contributed by atoms with Crippen LogP contribution in [0.2, 0.25) is 0 Å². The number of piperidine rings is 1. The Morgan fingerprint density at radius 2 is 1.95 bits per heavy atom. The molecule has 2 fully saturated rings. The molecule has 1 aromatic heterocycles. The lowest BCUT2D eigenvalue weighted by molar-refractivity contribution is 0.309. The Morgan fingerprint density at radius 1 is 1.19 bits per heavy atom. The molecule has 0 bridgehead atoms. The molecule has 0 N–H and O–H groups in total. The van der Waals surface area contributed by atoms with Crippen LogP contribution in [0.4, 0.5) is 5.69 Å². The van der Waals surface area contributed by atoms with Gasteiger partial charge < -0.3 is 9.32 Å². The Morgan fingerprint density at radius 3 is 2.57 bits per heavy atom. The molecule has 1 saturated carbocycles. The van der Waals surface area contributed by atoms with Crippen molar-refractivity contribution >= 4 is 5.69 Å². The predicted molar refractivity (Wildman–Crippen MR) is 84.1 cm³/mol. The molecule has 4 rings (SSSR count). The summed E-state index contributed by atoms with van der Waals surface area (Å²) in [5.74, 6) is 3.53. The van der Waals surface area contributed by atoms with Crippen LogP contribution in [0.3, 0.4) is 0 Å². The van der Waals surface area contributed by atoms with Crippen LogP contribution < -0.4 is 4.90 Å². The van der Waals surface area contributed by atoms with Gasteiger partial charge in [0.15, 0.2) is 12.2 Å². The molecule has 0 radical (unpaired) electrons. The second-order valence-corrected chi connectivity index (χ2v) is 7.54. The van der Waals surface area contributed by atoms with Crippen LogP contribution in [0, 0.1) is 23.2 Å². The minimum atomic E-state index is 0.461. The minimum absolute atomic E-state index is 0.461.